The molecule has 1 atom stereocenters. The van der Waals surface area contributed by atoms with E-state index in [1.165, 1.54) is 0 Å². The second-order valence-corrected chi connectivity index (χ2v) is 5.24. The largest absolute Gasteiger partial charge is 0.373 e. The van der Waals surface area contributed by atoms with Gasteiger partial charge in [-0.05, 0) is 18.2 Å². The van der Waals surface area contributed by atoms with Gasteiger partial charge in [0, 0.05) is 37.9 Å². The standard InChI is InChI=1S/C15H16N6O/c1-4-18-21(7-1)11-12-10-20(8-9-22-12)14-3-2-13-15(19-14)17-6-5-16-13/h1-7,12H,8-11H2. The summed E-state index contributed by atoms with van der Waals surface area (Å²) in [6.07, 6.45) is 7.18. The van der Waals surface area contributed by atoms with E-state index < -0.39 is 0 Å². The molecule has 0 amide bonds. The third-order valence-corrected chi connectivity index (χ3v) is 3.73. The van der Waals surface area contributed by atoms with Crippen LogP contribution in [0.25, 0.3) is 11.2 Å². The molecule has 1 fully saturated rings. The van der Waals surface area contributed by atoms with Crippen molar-refractivity contribution in [1.29, 1.82) is 0 Å². The van der Waals surface area contributed by atoms with Crippen molar-refractivity contribution >= 4 is 17.0 Å². The van der Waals surface area contributed by atoms with Crippen LogP contribution in [0.1, 0.15) is 0 Å². The Balaban J connectivity index is 1.53. The number of fused-ring (bicyclic) bond motifs is 1. The Morgan fingerprint density at radius 3 is 3.05 bits per heavy atom. The van der Waals surface area contributed by atoms with Crippen molar-refractivity contribution in [2.75, 3.05) is 24.6 Å². The van der Waals surface area contributed by atoms with Crippen LogP contribution < -0.4 is 4.90 Å². The highest BCUT2D eigenvalue weighted by molar-refractivity contribution is 5.71. The summed E-state index contributed by atoms with van der Waals surface area (Å²) in [6, 6.07) is 5.88. The van der Waals surface area contributed by atoms with Crippen molar-refractivity contribution in [3.05, 3.63) is 43.0 Å². The molecular weight excluding hydrogens is 280 g/mol. The van der Waals surface area contributed by atoms with Gasteiger partial charge >= 0.3 is 0 Å². The van der Waals surface area contributed by atoms with E-state index in [1.807, 2.05) is 29.1 Å². The maximum atomic E-state index is 5.83. The molecule has 1 aliphatic heterocycles. The molecule has 22 heavy (non-hydrogen) atoms. The van der Waals surface area contributed by atoms with Crippen LogP contribution in [0.4, 0.5) is 5.82 Å². The highest BCUT2D eigenvalue weighted by atomic mass is 16.5. The number of hydrogen-bond donors (Lipinski definition) is 0. The first kappa shape index (κ1) is 13.1. The van der Waals surface area contributed by atoms with E-state index in [0.717, 1.165) is 31.0 Å². The minimum Gasteiger partial charge on any atom is -0.373 e. The Morgan fingerprint density at radius 2 is 2.14 bits per heavy atom. The van der Waals surface area contributed by atoms with Gasteiger partial charge in [0.15, 0.2) is 5.65 Å². The van der Waals surface area contributed by atoms with Crippen LogP contribution >= 0.6 is 0 Å². The quantitative estimate of drug-likeness (QED) is 0.721. The molecule has 0 aliphatic carbocycles. The van der Waals surface area contributed by atoms with Crippen LogP contribution in [0.3, 0.4) is 0 Å². The van der Waals surface area contributed by atoms with Crippen LogP contribution in [-0.4, -0.2) is 50.5 Å². The second-order valence-electron chi connectivity index (χ2n) is 5.24. The van der Waals surface area contributed by atoms with E-state index in [-0.39, 0.29) is 6.10 Å². The molecule has 1 saturated heterocycles. The molecule has 1 aliphatic rings. The first-order valence-electron chi connectivity index (χ1n) is 7.30. The maximum absolute atomic E-state index is 5.83. The molecule has 0 aromatic carbocycles. The van der Waals surface area contributed by atoms with Crippen molar-refractivity contribution in [1.82, 2.24) is 24.7 Å². The van der Waals surface area contributed by atoms with Gasteiger partial charge in [-0.1, -0.05) is 0 Å². The molecule has 0 bridgehead atoms. The summed E-state index contributed by atoms with van der Waals surface area (Å²) >= 11 is 0. The number of ether oxygens (including phenoxy) is 1. The lowest BCUT2D eigenvalue weighted by Crippen LogP contribution is -2.44. The molecule has 0 saturated carbocycles. The monoisotopic (exact) mass is 296 g/mol. The molecule has 0 spiro atoms. The van der Waals surface area contributed by atoms with Gasteiger partial charge in [0.2, 0.25) is 0 Å². The van der Waals surface area contributed by atoms with Crippen molar-refractivity contribution in [3.63, 3.8) is 0 Å². The van der Waals surface area contributed by atoms with Gasteiger partial charge in [-0.2, -0.15) is 5.10 Å². The average molecular weight is 296 g/mol. The van der Waals surface area contributed by atoms with Gasteiger partial charge in [-0.3, -0.25) is 9.67 Å². The summed E-state index contributed by atoms with van der Waals surface area (Å²) in [5.74, 6) is 0.918. The molecule has 1 unspecified atom stereocenters. The highest BCUT2D eigenvalue weighted by Crippen LogP contribution is 2.18. The Hall–Kier alpha value is -2.54. The maximum Gasteiger partial charge on any atom is 0.180 e. The fourth-order valence-electron chi connectivity index (χ4n) is 2.68. The van der Waals surface area contributed by atoms with Crippen LogP contribution in [0.15, 0.2) is 43.0 Å². The summed E-state index contributed by atoms with van der Waals surface area (Å²) in [4.78, 5) is 15.4. The van der Waals surface area contributed by atoms with Crippen LogP contribution in [0, 0.1) is 0 Å². The van der Waals surface area contributed by atoms with Gasteiger partial charge in [0.05, 0.1) is 19.3 Å². The number of nitrogens with zero attached hydrogens (tertiary/aromatic N) is 6. The van der Waals surface area contributed by atoms with Crippen molar-refractivity contribution in [2.45, 2.75) is 12.6 Å². The number of morpholine rings is 1. The molecule has 4 rings (SSSR count). The molecule has 112 valence electrons. The number of aromatic nitrogens is 5. The van der Waals surface area contributed by atoms with Crippen LogP contribution in [-0.2, 0) is 11.3 Å². The number of hydrogen-bond acceptors (Lipinski definition) is 6. The highest BCUT2D eigenvalue weighted by Gasteiger charge is 2.22. The molecule has 4 heterocycles. The van der Waals surface area contributed by atoms with Gasteiger partial charge < -0.3 is 9.64 Å². The number of anilines is 1. The van der Waals surface area contributed by atoms with E-state index in [1.54, 1.807) is 18.6 Å². The average Bonchev–Trinajstić information content (AvgIpc) is 3.08. The first-order valence-corrected chi connectivity index (χ1v) is 7.30. The molecule has 3 aromatic rings. The smallest absolute Gasteiger partial charge is 0.180 e. The van der Waals surface area contributed by atoms with E-state index in [2.05, 4.69) is 25.0 Å². The number of pyridine rings is 1. The third-order valence-electron chi connectivity index (χ3n) is 3.73. The zero-order chi connectivity index (χ0) is 14.8. The lowest BCUT2D eigenvalue weighted by atomic mass is 10.2. The molecule has 7 nitrogen and oxygen atoms in total. The lowest BCUT2D eigenvalue weighted by Gasteiger charge is -2.33. The third kappa shape index (κ3) is 2.62. The summed E-state index contributed by atoms with van der Waals surface area (Å²) in [7, 11) is 0. The topological polar surface area (TPSA) is 69.0 Å². The second kappa shape index (κ2) is 5.69. The fourth-order valence-corrected chi connectivity index (χ4v) is 2.68. The SMILES string of the molecule is c1cnn(CC2CN(c3ccc4nccnc4n3)CCO2)c1. The van der Waals surface area contributed by atoms with E-state index in [9.17, 15) is 0 Å². The van der Waals surface area contributed by atoms with Gasteiger partial charge in [-0.15, -0.1) is 0 Å². The fraction of sp³-hybridized carbons (Fsp3) is 0.333. The zero-order valence-electron chi connectivity index (χ0n) is 12.0. The first-order chi connectivity index (χ1) is 10.9. The van der Waals surface area contributed by atoms with Gasteiger partial charge in [-0.25, -0.2) is 9.97 Å². The van der Waals surface area contributed by atoms with Gasteiger partial charge in [0.25, 0.3) is 0 Å². The Bertz CT molecular complexity index is 760. The van der Waals surface area contributed by atoms with E-state index >= 15 is 0 Å². The van der Waals surface area contributed by atoms with E-state index in [4.69, 9.17) is 4.74 Å². The molecule has 0 N–H and O–H groups in total. The van der Waals surface area contributed by atoms with Crippen LogP contribution in [0.5, 0.6) is 0 Å². The molecular formula is C15H16N6O. The minimum absolute atomic E-state index is 0.105. The van der Waals surface area contributed by atoms with Crippen molar-refractivity contribution < 1.29 is 4.74 Å². The number of rotatable bonds is 3. The molecule has 0 radical (unpaired) electrons. The van der Waals surface area contributed by atoms with E-state index in [0.29, 0.717) is 12.3 Å². The summed E-state index contributed by atoms with van der Waals surface area (Å²) in [6.45, 7) is 3.05. The minimum atomic E-state index is 0.105. The summed E-state index contributed by atoms with van der Waals surface area (Å²) < 4.78 is 7.73. The van der Waals surface area contributed by atoms with Gasteiger partial charge in [0.1, 0.15) is 11.3 Å². The summed E-state index contributed by atoms with van der Waals surface area (Å²) in [5, 5.41) is 4.23. The summed E-state index contributed by atoms with van der Waals surface area (Å²) in [5.41, 5.74) is 1.49. The predicted octanol–water partition coefficient (Wildman–Crippen LogP) is 1.13. The molecule has 3 aromatic heterocycles. The van der Waals surface area contributed by atoms with Crippen molar-refractivity contribution in [2.24, 2.45) is 0 Å². The van der Waals surface area contributed by atoms with Crippen molar-refractivity contribution in [3.8, 4) is 0 Å². The Kier molecular flexibility index (Phi) is 3.40. The lowest BCUT2D eigenvalue weighted by molar-refractivity contribution is 0.0272. The Labute approximate surface area is 127 Å². The predicted molar refractivity (Wildman–Crippen MR) is 81.5 cm³/mol. The van der Waals surface area contributed by atoms with Crippen LogP contribution in [0.2, 0.25) is 0 Å². The zero-order valence-corrected chi connectivity index (χ0v) is 12.0. The Morgan fingerprint density at radius 1 is 1.18 bits per heavy atom. The normalized spacial score (nSPS) is 18.7. The molecule has 7 heteroatoms.